The van der Waals surface area contributed by atoms with Crippen LogP contribution in [0, 0.1) is 5.92 Å². The molecular formula is C18H30F2IN3O2. The zero-order chi connectivity index (χ0) is 18.7. The highest BCUT2D eigenvalue weighted by Crippen LogP contribution is 2.29. The highest BCUT2D eigenvalue weighted by atomic mass is 127. The second kappa shape index (κ2) is 13.8. The monoisotopic (exact) mass is 485 g/mol. The molecule has 150 valence electrons. The van der Waals surface area contributed by atoms with Gasteiger partial charge in [0.2, 0.25) is 0 Å². The lowest BCUT2D eigenvalue weighted by Gasteiger charge is -2.14. The molecule has 0 spiro atoms. The Labute approximate surface area is 172 Å². The van der Waals surface area contributed by atoms with Gasteiger partial charge in [-0.25, -0.2) is 0 Å². The van der Waals surface area contributed by atoms with Crippen LogP contribution < -0.4 is 20.1 Å². The van der Waals surface area contributed by atoms with Crippen molar-refractivity contribution < 1.29 is 18.3 Å². The van der Waals surface area contributed by atoms with E-state index in [9.17, 15) is 8.78 Å². The number of rotatable bonds is 10. The molecule has 0 amide bonds. The van der Waals surface area contributed by atoms with E-state index in [2.05, 4.69) is 34.2 Å². The van der Waals surface area contributed by atoms with Crippen LogP contribution in [0.4, 0.5) is 8.78 Å². The number of hydrogen-bond donors (Lipinski definition) is 2. The molecule has 0 aliphatic heterocycles. The van der Waals surface area contributed by atoms with Crippen molar-refractivity contribution in [1.82, 2.24) is 10.6 Å². The van der Waals surface area contributed by atoms with E-state index in [1.165, 1.54) is 13.5 Å². The van der Waals surface area contributed by atoms with Crippen LogP contribution in [0.25, 0.3) is 0 Å². The molecule has 1 aromatic rings. The predicted molar refractivity (Wildman–Crippen MR) is 112 cm³/mol. The van der Waals surface area contributed by atoms with E-state index in [0.29, 0.717) is 24.6 Å². The minimum atomic E-state index is -2.88. The van der Waals surface area contributed by atoms with Crippen molar-refractivity contribution in [2.45, 2.75) is 39.7 Å². The van der Waals surface area contributed by atoms with Crippen molar-refractivity contribution in [2.75, 3.05) is 27.2 Å². The van der Waals surface area contributed by atoms with Gasteiger partial charge in [-0.2, -0.15) is 8.78 Å². The first kappa shape index (κ1) is 24.7. The van der Waals surface area contributed by atoms with Crippen molar-refractivity contribution in [1.29, 1.82) is 0 Å². The van der Waals surface area contributed by atoms with Crippen molar-refractivity contribution >= 4 is 29.9 Å². The normalized spacial score (nSPS) is 11.3. The van der Waals surface area contributed by atoms with Gasteiger partial charge in [-0.05, 0) is 42.9 Å². The molecule has 0 aromatic heterocycles. The largest absolute Gasteiger partial charge is 0.493 e. The van der Waals surface area contributed by atoms with E-state index in [-0.39, 0.29) is 29.7 Å². The lowest BCUT2D eigenvalue weighted by atomic mass is 10.1. The third-order valence-electron chi connectivity index (χ3n) is 3.62. The Balaban J connectivity index is 0.00000625. The summed E-state index contributed by atoms with van der Waals surface area (Å²) in [4.78, 5) is 4.17. The summed E-state index contributed by atoms with van der Waals surface area (Å²) in [6.07, 6.45) is 2.91. The summed E-state index contributed by atoms with van der Waals surface area (Å²) in [5.41, 5.74) is 0.874. The number of alkyl halides is 2. The summed E-state index contributed by atoms with van der Waals surface area (Å²) in [5.74, 6) is 1.77. The molecule has 0 heterocycles. The Morgan fingerprint density at radius 2 is 1.85 bits per heavy atom. The lowest BCUT2D eigenvalue weighted by molar-refractivity contribution is -0.0512. The van der Waals surface area contributed by atoms with E-state index >= 15 is 0 Å². The maximum atomic E-state index is 12.5. The zero-order valence-corrected chi connectivity index (χ0v) is 18.2. The molecule has 0 fully saturated rings. The van der Waals surface area contributed by atoms with E-state index < -0.39 is 6.61 Å². The summed E-state index contributed by atoms with van der Waals surface area (Å²) in [6, 6.07) is 5.04. The summed E-state index contributed by atoms with van der Waals surface area (Å²) >= 11 is 0. The molecule has 0 unspecified atom stereocenters. The van der Waals surface area contributed by atoms with Gasteiger partial charge in [0.1, 0.15) is 0 Å². The Morgan fingerprint density at radius 3 is 2.42 bits per heavy atom. The third kappa shape index (κ3) is 9.98. The molecule has 0 aliphatic rings. The van der Waals surface area contributed by atoms with E-state index in [1.54, 1.807) is 19.2 Å². The van der Waals surface area contributed by atoms with Gasteiger partial charge in [-0.15, -0.1) is 24.0 Å². The summed E-state index contributed by atoms with van der Waals surface area (Å²) < 4.78 is 34.4. The van der Waals surface area contributed by atoms with Gasteiger partial charge in [-0.1, -0.05) is 19.9 Å². The quantitative estimate of drug-likeness (QED) is 0.227. The Kier molecular flexibility index (Phi) is 13.1. The van der Waals surface area contributed by atoms with Crippen LogP contribution in [0.5, 0.6) is 11.5 Å². The fourth-order valence-electron chi connectivity index (χ4n) is 2.33. The number of ether oxygens (including phenoxy) is 2. The molecule has 26 heavy (non-hydrogen) atoms. The minimum absolute atomic E-state index is 0. The smallest absolute Gasteiger partial charge is 0.387 e. The molecule has 5 nitrogen and oxygen atoms in total. The second-order valence-corrected chi connectivity index (χ2v) is 6.08. The standard InChI is InChI=1S/C18H29F2N3O2.HI/c1-13(2)6-5-10-22-18(21-3)23-11-9-14-7-8-15(24-4)16(12-14)25-17(19)20;/h7-8,12-13,17H,5-6,9-11H2,1-4H3,(H2,21,22,23);1H. The fourth-order valence-corrected chi connectivity index (χ4v) is 2.33. The number of guanidine groups is 1. The zero-order valence-electron chi connectivity index (χ0n) is 15.9. The van der Waals surface area contributed by atoms with Crippen LogP contribution >= 0.6 is 24.0 Å². The summed E-state index contributed by atoms with van der Waals surface area (Å²) in [7, 11) is 3.14. The Hall–Kier alpha value is -1.32. The molecule has 2 N–H and O–H groups in total. The van der Waals surface area contributed by atoms with Gasteiger partial charge in [0.15, 0.2) is 17.5 Å². The molecule has 8 heteroatoms. The highest BCUT2D eigenvalue weighted by Gasteiger charge is 2.11. The van der Waals surface area contributed by atoms with Crippen LogP contribution in [-0.2, 0) is 6.42 Å². The number of nitrogens with one attached hydrogen (secondary N) is 2. The number of hydrogen-bond acceptors (Lipinski definition) is 3. The molecule has 1 rings (SSSR count). The Morgan fingerprint density at radius 1 is 1.15 bits per heavy atom. The number of halogens is 3. The van der Waals surface area contributed by atoms with Crippen LogP contribution in [0.2, 0.25) is 0 Å². The number of methoxy groups -OCH3 is 1. The van der Waals surface area contributed by atoms with Crippen LogP contribution in [0.1, 0.15) is 32.3 Å². The van der Waals surface area contributed by atoms with Gasteiger partial charge in [0.25, 0.3) is 0 Å². The first-order valence-electron chi connectivity index (χ1n) is 8.52. The Bertz CT molecular complexity index is 543. The number of benzene rings is 1. The fraction of sp³-hybridized carbons (Fsp3) is 0.611. The highest BCUT2D eigenvalue weighted by molar-refractivity contribution is 14.0. The molecular weight excluding hydrogens is 455 g/mol. The number of aliphatic imine (C=N–C) groups is 1. The molecule has 0 saturated carbocycles. The van der Waals surface area contributed by atoms with Crippen molar-refractivity contribution in [3.8, 4) is 11.5 Å². The topological polar surface area (TPSA) is 54.9 Å². The molecule has 0 aliphatic carbocycles. The summed E-state index contributed by atoms with van der Waals surface area (Å²) in [5, 5.41) is 6.48. The maximum absolute atomic E-state index is 12.5. The van der Waals surface area contributed by atoms with Crippen molar-refractivity contribution in [3.63, 3.8) is 0 Å². The van der Waals surface area contributed by atoms with Gasteiger partial charge in [0.05, 0.1) is 7.11 Å². The van der Waals surface area contributed by atoms with Gasteiger partial charge >= 0.3 is 6.61 Å². The average molecular weight is 485 g/mol. The van der Waals surface area contributed by atoms with E-state index in [0.717, 1.165) is 24.5 Å². The lowest BCUT2D eigenvalue weighted by Crippen LogP contribution is -2.38. The number of nitrogens with zero attached hydrogens (tertiary/aromatic N) is 1. The molecule has 1 aromatic carbocycles. The van der Waals surface area contributed by atoms with Gasteiger partial charge in [0, 0.05) is 20.1 Å². The molecule has 0 saturated heterocycles. The van der Waals surface area contributed by atoms with Crippen LogP contribution in [0.15, 0.2) is 23.2 Å². The molecule has 0 atom stereocenters. The molecule has 0 radical (unpaired) electrons. The van der Waals surface area contributed by atoms with Crippen molar-refractivity contribution in [3.05, 3.63) is 23.8 Å². The minimum Gasteiger partial charge on any atom is -0.493 e. The SMILES string of the molecule is CN=C(NCCCC(C)C)NCCc1ccc(OC)c(OC(F)F)c1.I. The van der Waals surface area contributed by atoms with Crippen molar-refractivity contribution in [2.24, 2.45) is 10.9 Å². The average Bonchev–Trinajstić information content (AvgIpc) is 2.56. The van der Waals surface area contributed by atoms with Crippen LogP contribution in [-0.4, -0.2) is 39.8 Å². The predicted octanol–water partition coefficient (Wildman–Crippen LogP) is 4.06. The van der Waals surface area contributed by atoms with Crippen LogP contribution in [0.3, 0.4) is 0 Å². The van der Waals surface area contributed by atoms with E-state index in [1.807, 2.05) is 6.07 Å². The van der Waals surface area contributed by atoms with E-state index in [4.69, 9.17) is 4.74 Å². The summed E-state index contributed by atoms with van der Waals surface area (Å²) in [6.45, 7) is 3.02. The maximum Gasteiger partial charge on any atom is 0.387 e. The first-order chi connectivity index (χ1) is 12.0. The molecule has 0 bridgehead atoms. The second-order valence-electron chi connectivity index (χ2n) is 6.08. The third-order valence-corrected chi connectivity index (χ3v) is 3.62. The first-order valence-corrected chi connectivity index (χ1v) is 8.52. The van der Waals surface area contributed by atoms with Gasteiger partial charge < -0.3 is 20.1 Å². The van der Waals surface area contributed by atoms with Gasteiger partial charge in [-0.3, -0.25) is 4.99 Å².